The quantitative estimate of drug-likeness (QED) is 0.501. The van der Waals surface area contributed by atoms with Crippen LogP contribution < -0.4 is 10.6 Å². The zero-order chi connectivity index (χ0) is 24.9. The molecule has 0 saturated carbocycles. The molecule has 190 valence electrons. The van der Waals surface area contributed by atoms with E-state index in [2.05, 4.69) is 55.9 Å². The van der Waals surface area contributed by atoms with Gasteiger partial charge in [-0.1, -0.05) is 31.2 Å². The van der Waals surface area contributed by atoms with Crippen LogP contribution in [-0.2, 0) is 12.8 Å². The van der Waals surface area contributed by atoms with Gasteiger partial charge in [0.1, 0.15) is 5.75 Å². The third kappa shape index (κ3) is 5.79. The second-order valence-electron chi connectivity index (χ2n) is 10.1. The Morgan fingerprint density at radius 2 is 1.83 bits per heavy atom. The Hall–Kier alpha value is -3.16. The van der Waals surface area contributed by atoms with Crippen LogP contribution in [-0.4, -0.2) is 76.7 Å². The maximum atomic E-state index is 9.76. The molecule has 1 fully saturated rings. The number of phenolic OH excluding ortho intramolecular Hbond substituents is 1. The van der Waals surface area contributed by atoms with Gasteiger partial charge in [0.2, 0.25) is 5.95 Å². The van der Waals surface area contributed by atoms with E-state index in [1.165, 1.54) is 17.7 Å². The number of anilines is 2. The summed E-state index contributed by atoms with van der Waals surface area (Å²) in [6, 6.07) is 16.7. The minimum absolute atomic E-state index is 0.303. The van der Waals surface area contributed by atoms with E-state index in [0.717, 1.165) is 81.9 Å². The van der Waals surface area contributed by atoms with Crippen LogP contribution in [0.4, 0.5) is 11.6 Å². The summed E-state index contributed by atoms with van der Waals surface area (Å²) in [6.07, 6.45) is 6.28. The lowest BCUT2D eigenvalue weighted by atomic mass is 9.91. The fourth-order valence-corrected chi connectivity index (χ4v) is 5.63. The van der Waals surface area contributed by atoms with Gasteiger partial charge in [-0.2, -0.15) is 0 Å². The number of piperazine rings is 1. The van der Waals surface area contributed by atoms with Crippen molar-refractivity contribution >= 4 is 11.6 Å². The molecule has 1 aliphatic heterocycles. The second kappa shape index (κ2) is 11.3. The van der Waals surface area contributed by atoms with Crippen LogP contribution in [0, 0.1) is 0 Å². The molecular weight excluding hydrogens is 448 g/mol. The van der Waals surface area contributed by atoms with Crippen LogP contribution in [0.2, 0.25) is 0 Å². The first-order valence-electron chi connectivity index (χ1n) is 13.3. The molecule has 0 bridgehead atoms. The highest BCUT2D eigenvalue weighted by Crippen LogP contribution is 2.27. The first-order chi connectivity index (χ1) is 17.6. The number of hydrogen-bond donors (Lipinski definition) is 2. The third-order valence-corrected chi connectivity index (χ3v) is 7.66. The lowest BCUT2D eigenvalue weighted by Crippen LogP contribution is -2.50. The van der Waals surface area contributed by atoms with Crippen molar-refractivity contribution in [2.45, 2.75) is 38.6 Å². The smallest absolute Gasteiger partial charge is 0.220 e. The van der Waals surface area contributed by atoms with E-state index in [1.54, 1.807) is 6.07 Å². The summed E-state index contributed by atoms with van der Waals surface area (Å²) in [5.41, 5.74) is 11.6. The molecule has 1 atom stereocenters. The number of nitrogens with zero attached hydrogens (tertiary/aromatic N) is 5. The third-order valence-electron chi connectivity index (χ3n) is 7.66. The summed E-state index contributed by atoms with van der Waals surface area (Å²) in [5.74, 6) is 0.696. The molecule has 2 aromatic carbocycles. The summed E-state index contributed by atoms with van der Waals surface area (Å²) >= 11 is 0. The zero-order valence-electron chi connectivity index (χ0n) is 21.3. The van der Waals surface area contributed by atoms with E-state index < -0.39 is 0 Å². The Balaban J connectivity index is 1.12. The Kier molecular flexibility index (Phi) is 7.68. The largest absolute Gasteiger partial charge is 0.508 e. The van der Waals surface area contributed by atoms with E-state index in [1.807, 2.05) is 24.4 Å². The fourth-order valence-electron chi connectivity index (χ4n) is 5.63. The van der Waals surface area contributed by atoms with Gasteiger partial charge < -0.3 is 15.7 Å². The maximum Gasteiger partial charge on any atom is 0.220 e. The molecule has 3 aromatic rings. The van der Waals surface area contributed by atoms with Gasteiger partial charge in [-0.3, -0.25) is 9.80 Å². The second-order valence-corrected chi connectivity index (χ2v) is 10.1. The van der Waals surface area contributed by atoms with Crippen LogP contribution >= 0.6 is 0 Å². The number of nitrogens with two attached hydrogens (primary N) is 1. The van der Waals surface area contributed by atoms with Crippen molar-refractivity contribution in [1.82, 2.24) is 19.8 Å². The van der Waals surface area contributed by atoms with Crippen LogP contribution in [0.5, 0.6) is 5.75 Å². The van der Waals surface area contributed by atoms with Crippen LogP contribution in [0.1, 0.15) is 31.0 Å². The van der Waals surface area contributed by atoms with Crippen LogP contribution in [0.15, 0.2) is 54.7 Å². The standard InChI is InChI=1S/C29H38N6O/c1-2-12-34(26-10-11-28-24(19-26)21-31-29(30)32-28)16-13-33-14-17-35(18-15-33)25-8-6-22(7-9-25)23-4-3-5-27(36)20-23/h3-9,20-21,26,36H,2,10-19H2,1H3,(H2,30,31,32). The molecule has 0 radical (unpaired) electrons. The Morgan fingerprint density at radius 1 is 1.03 bits per heavy atom. The average molecular weight is 487 g/mol. The molecule has 5 rings (SSSR count). The molecular formula is C29H38N6O. The van der Waals surface area contributed by atoms with E-state index >= 15 is 0 Å². The molecule has 36 heavy (non-hydrogen) atoms. The number of aromatic nitrogens is 2. The number of hydrogen-bond acceptors (Lipinski definition) is 7. The normalized spacial score (nSPS) is 18.4. The SMILES string of the molecule is CCCN(CCN1CCN(c2ccc(-c3cccc(O)c3)cc2)CC1)C1CCc2nc(N)ncc2C1. The lowest BCUT2D eigenvalue weighted by molar-refractivity contribution is 0.145. The summed E-state index contributed by atoms with van der Waals surface area (Å²) < 4.78 is 0. The summed E-state index contributed by atoms with van der Waals surface area (Å²) in [6.45, 7) is 9.93. The molecule has 0 spiro atoms. The van der Waals surface area contributed by atoms with E-state index in [0.29, 0.717) is 17.7 Å². The molecule has 2 heterocycles. The highest BCUT2D eigenvalue weighted by Gasteiger charge is 2.26. The van der Waals surface area contributed by atoms with Crippen LogP contribution in [0.25, 0.3) is 11.1 Å². The minimum Gasteiger partial charge on any atom is -0.508 e. The predicted molar refractivity (Wildman–Crippen MR) is 146 cm³/mol. The Labute approximate surface area is 214 Å². The number of benzene rings is 2. The van der Waals surface area contributed by atoms with Gasteiger partial charge in [-0.15, -0.1) is 0 Å². The van der Waals surface area contributed by atoms with Gasteiger partial charge in [0.05, 0.1) is 0 Å². The van der Waals surface area contributed by atoms with Gasteiger partial charge >= 0.3 is 0 Å². The molecule has 1 unspecified atom stereocenters. The first kappa shape index (κ1) is 24.5. The van der Waals surface area contributed by atoms with E-state index in [4.69, 9.17) is 5.73 Å². The summed E-state index contributed by atoms with van der Waals surface area (Å²) in [4.78, 5) is 16.5. The molecule has 7 nitrogen and oxygen atoms in total. The molecule has 7 heteroatoms. The van der Waals surface area contributed by atoms with Crippen molar-refractivity contribution in [2.24, 2.45) is 0 Å². The molecule has 1 aliphatic carbocycles. The van der Waals surface area contributed by atoms with E-state index in [9.17, 15) is 5.11 Å². The van der Waals surface area contributed by atoms with Crippen molar-refractivity contribution in [3.63, 3.8) is 0 Å². The summed E-state index contributed by atoms with van der Waals surface area (Å²) in [7, 11) is 0. The average Bonchev–Trinajstić information content (AvgIpc) is 2.91. The number of phenols is 1. The predicted octanol–water partition coefficient (Wildman–Crippen LogP) is 3.82. The van der Waals surface area contributed by atoms with Gasteiger partial charge in [-0.25, -0.2) is 9.97 Å². The van der Waals surface area contributed by atoms with Gasteiger partial charge in [0.15, 0.2) is 0 Å². The highest BCUT2D eigenvalue weighted by molar-refractivity contribution is 5.67. The molecule has 1 aromatic heterocycles. The zero-order valence-corrected chi connectivity index (χ0v) is 21.3. The number of aromatic hydroxyl groups is 1. The molecule has 1 saturated heterocycles. The van der Waals surface area contributed by atoms with Crippen molar-refractivity contribution in [2.75, 3.05) is 56.4 Å². The number of nitrogen functional groups attached to an aromatic ring is 1. The molecule has 2 aliphatic rings. The summed E-state index contributed by atoms with van der Waals surface area (Å²) in [5, 5.41) is 9.76. The van der Waals surface area contributed by atoms with Crippen molar-refractivity contribution in [1.29, 1.82) is 0 Å². The highest BCUT2D eigenvalue weighted by atomic mass is 16.3. The molecule has 0 amide bonds. The molecule has 3 N–H and O–H groups in total. The Bertz CT molecular complexity index is 1140. The van der Waals surface area contributed by atoms with Crippen molar-refractivity contribution in [3.05, 3.63) is 66.0 Å². The number of rotatable bonds is 8. The number of aryl methyl sites for hydroxylation is 1. The maximum absolute atomic E-state index is 9.76. The Morgan fingerprint density at radius 3 is 2.58 bits per heavy atom. The van der Waals surface area contributed by atoms with Crippen LogP contribution in [0.3, 0.4) is 0 Å². The van der Waals surface area contributed by atoms with Gasteiger partial charge in [-0.05, 0) is 73.2 Å². The van der Waals surface area contributed by atoms with Gasteiger partial charge in [0, 0.05) is 62.9 Å². The topological polar surface area (TPSA) is 81.8 Å². The monoisotopic (exact) mass is 486 g/mol. The first-order valence-corrected chi connectivity index (χ1v) is 13.3. The van der Waals surface area contributed by atoms with Crippen molar-refractivity contribution < 1.29 is 5.11 Å². The fraction of sp³-hybridized carbons (Fsp3) is 0.448. The minimum atomic E-state index is 0.303. The number of fused-ring (bicyclic) bond motifs is 1. The lowest BCUT2D eigenvalue weighted by Gasteiger charge is -2.39. The van der Waals surface area contributed by atoms with E-state index in [-0.39, 0.29) is 0 Å². The van der Waals surface area contributed by atoms with Crippen molar-refractivity contribution in [3.8, 4) is 16.9 Å². The van der Waals surface area contributed by atoms with Gasteiger partial charge in [0.25, 0.3) is 0 Å².